The lowest BCUT2D eigenvalue weighted by molar-refractivity contribution is 0.352. The van der Waals surface area contributed by atoms with Crippen LogP contribution in [0.3, 0.4) is 0 Å². The first kappa shape index (κ1) is 12.9. The summed E-state index contributed by atoms with van der Waals surface area (Å²) in [7, 11) is 3.33. The molecule has 1 aromatic heterocycles. The summed E-state index contributed by atoms with van der Waals surface area (Å²) in [4.78, 5) is 4.46. The van der Waals surface area contributed by atoms with Gasteiger partial charge in [-0.2, -0.15) is 0 Å². The van der Waals surface area contributed by atoms with Gasteiger partial charge in [0.25, 0.3) is 0 Å². The molecular weight excluding hydrogens is 252 g/mol. The Labute approximate surface area is 118 Å². The maximum Gasteiger partial charge on any atom is 0.161 e. The molecule has 0 unspecified atom stereocenters. The maximum absolute atomic E-state index is 5.41. The van der Waals surface area contributed by atoms with Crippen LogP contribution in [0.4, 0.5) is 0 Å². The van der Waals surface area contributed by atoms with E-state index in [9.17, 15) is 0 Å². The van der Waals surface area contributed by atoms with Crippen molar-refractivity contribution < 1.29 is 9.47 Å². The van der Waals surface area contributed by atoms with Crippen molar-refractivity contribution in [1.29, 1.82) is 0 Å². The molecule has 0 spiro atoms. The first-order valence-corrected chi connectivity index (χ1v) is 6.72. The number of fused-ring (bicyclic) bond motifs is 1. The van der Waals surface area contributed by atoms with E-state index in [2.05, 4.69) is 22.4 Å². The van der Waals surface area contributed by atoms with Gasteiger partial charge in [-0.1, -0.05) is 6.07 Å². The van der Waals surface area contributed by atoms with Gasteiger partial charge in [0, 0.05) is 12.7 Å². The second kappa shape index (κ2) is 5.51. The molecule has 104 valence electrons. The van der Waals surface area contributed by atoms with Gasteiger partial charge >= 0.3 is 0 Å². The molecule has 20 heavy (non-hydrogen) atoms. The lowest BCUT2D eigenvalue weighted by atomic mass is 9.91. The number of aromatic nitrogens is 1. The van der Waals surface area contributed by atoms with Gasteiger partial charge in [-0.3, -0.25) is 4.98 Å². The molecule has 1 N–H and O–H groups in total. The van der Waals surface area contributed by atoms with Gasteiger partial charge in [-0.05, 0) is 41.8 Å². The fraction of sp³-hybridized carbons (Fsp3) is 0.312. The van der Waals surface area contributed by atoms with Crippen molar-refractivity contribution in [2.45, 2.75) is 12.5 Å². The van der Waals surface area contributed by atoms with Crippen LogP contribution in [0.1, 0.15) is 22.9 Å². The van der Waals surface area contributed by atoms with Crippen molar-refractivity contribution in [3.05, 3.63) is 53.3 Å². The molecule has 0 saturated carbocycles. The van der Waals surface area contributed by atoms with Crippen molar-refractivity contribution in [3.63, 3.8) is 0 Å². The van der Waals surface area contributed by atoms with Crippen LogP contribution in [-0.2, 0) is 6.42 Å². The minimum absolute atomic E-state index is 0.111. The first-order valence-electron chi connectivity index (χ1n) is 6.72. The van der Waals surface area contributed by atoms with Gasteiger partial charge in [0.05, 0.1) is 26.0 Å². The molecule has 3 rings (SSSR count). The largest absolute Gasteiger partial charge is 0.493 e. The lowest BCUT2D eigenvalue weighted by Crippen LogP contribution is -2.31. The van der Waals surface area contributed by atoms with E-state index in [-0.39, 0.29) is 6.04 Å². The number of benzene rings is 1. The highest BCUT2D eigenvalue weighted by atomic mass is 16.5. The van der Waals surface area contributed by atoms with Crippen LogP contribution < -0.4 is 14.8 Å². The van der Waals surface area contributed by atoms with Crippen molar-refractivity contribution in [2.24, 2.45) is 0 Å². The fourth-order valence-electron chi connectivity index (χ4n) is 2.69. The number of pyridine rings is 1. The van der Waals surface area contributed by atoms with E-state index in [1.807, 2.05) is 24.4 Å². The number of hydrogen-bond donors (Lipinski definition) is 1. The number of rotatable bonds is 3. The van der Waals surface area contributed by atoms with Crippen LogP contribution >= 0.6 is 0 Å². The second-order valence-electron chi connectivity index (χ2n) is 4.80. The highest BCUT2D eigenvalue weighted by molar-refractivity contribution is 5.51. The molecule has 4 heteroatoms. The van der Waals surface area contributed by atoms with Crippen molar-refractivity contribution in [1.82, 2.24) is 10.3 Å². The Balaban J connectivity index is 2.08. The number of nitrogens with zero attached hydrogens (tertiary/aromatic N) is 1. The fourth-order valence-corrected chi connectivity index (χ4v) is 2.69. The molecule has 0 aliphatic carbocycles. The molecule has 1 aromatic carbocycles. The first-order chi connectivity index (χ1) is 9.83. The van der Waals surface area contributed by atoms with Crippen molar-refractivity contribution in [2.75, 3.05) is 20.8 Å². The van der Waals surface area contributed by atoms with Crippen molar-refractivity contribution >= 4 is 0 Å². The van der Waals surface area contributed by atoms with Crippen LogP contribution in [-0.4, -0.2) is 25.7 Å². The van der Waals surface area contributed by atoms with Gasteiger partial charge in [-0.15, -0.1) is 0 Å². The average molecular weight is 270 g/mol. The summed E-state index contributed by atoms with van der Waals surface area (Å²) in [5.74, 6) is 1.55. The third kappa shape index (κ3) is 2.23. The Morgan fingerprint density at radius 1 is 1.15 bits per heavy atom. The maximum atomic E-state index is 5.41. The van der Waals surface area contributed by atoms with Crippen LogP contribution in [0, 0.1) is 0 Å². The van der Waals surface area contributed by atoms with Gasteiger partial charge in [0.15, 0.2) is 11.5 Å². The zero-order valence-electron chi connectivity index (χ0n) is 11.7. The minimum atomic E-state index is 0.111. The van der Waals surface area contributed by atoms with Crippen LogP contribution in [0.5, 0.6) is 11.5 Å². The summed E-state index contributed by atoms with van der Waals surface area (Å²) in [5.41, 5.74) is 3.53. The van der Waals surface area contributed by atoms with E-state index in [1.165, 1.54) is 11.1 Å². The standard InChI is InChI=1S/C16H18N2O2/c1-19-14-9-11-6-8-18-16(12(11)10-15(14)20-2)13-5-3-4-7-17-13/h3-5,7,9-10,16,18H,6,8H2,1-2H3/t16-/m0/s1. The number of nitrogens with one attached hydrogen (secondary N) is 1. The summed E-state index contributed by atoms with van der Waals surface area (Å²) in [6.45, 7) is 0.934. The Bertz CT molecular complexity index is 599. The highest BCUT2D eigenvalue weighted by Gasteiger charge is 2.24. The second-order valence-corrected chi connectivity index (χ2v) is 4.80. The monoisotopic (exact) mass is 270 g/mol. The zero-order valence-corrected chi connectivity index (χ0v) is 11.7. The average Bonchev–Trinajstić information content (AvgIpc) is 2.53. The minimum Gasteiger partial charge on any atom is -0.493 e. The van der Waals surface area contributed by atoms with Gasteiger partial charge in [0.2, 0.25) is 0 Å². The predicted octanol–water partition coefficient (Wildman–Crippen LogP) is 2.33. The van der Waals surface area contributed by atoms with E-state index in [0.717, 1.165) is 30.2 Å². The summed E-state index contributed by atoms with van der Waals surface area (Å²) >= 11 is 0. The summed E-state index contributed by atoms with van der Waals surface area (Å²) in [6, 6.07) is 10.2. The number of hydrogen-bond acceptors (Lipinski definition) is 4. The SMILES string of the molecule is COc1cc2c(cc1OC)[C@@H](c1ccccn1)NCC2. The molecule has 0 fully saturated rings. The number of ether oxygens (including phenoxy) is 2. The molecule has 1 atom stereocenters. The smallest absolute Gasteiger partial charge is 0.161 e. The van der Waals surface area contributed by atoms with E-state index in [4.69, 9.17) is 9.47 Å². The van der Waals surface area contributed by atoms with Crippen molar-refractivity contribution in [3.8, 4) is 11.5 Å². The zero-order chi connectivity index (χ0) is 13.9. The topological polar surface area (TPSA) is 43.4 Å². The highest BCUT2D eigenvalue weighted by Crippen LogP contribution is 2.36. The Hall–Kier alpha value is -2.07. The van der Waals surface area contributed by atoms with Crippen LogP contribution in [0.15, 0.2) is 36.5 Å². The molecular formula is C16H18N2O2. The Morgan fingerprint density at radius 3 is 2.65 bits per heavy atom. The van der Waals surface area contributed by atoms with E-state index < -0.39 is 0 Å². The molecule has 0 amide bonds. The molecule has 0 saturated heterocycles. The van der Waals surface area contributed by atoms with Crippen LogP contribution in [0.25, 0.3) is 0 Å². The third-order valence-electron chi connectivity index (χ3n) is 3.68. The summed E-state index contributed by atoms with van der Waals surface area (Å²) < 4.78 is 10.8. The van der Waals surface area contributed by atoms with Gasteiger partial charge < -0.3 is 14.8 Å². The molecule has 4 nitrogen and oxygen atoms in total. The van der Waals surface area contributed by atoms with Crippen LogP contribution in [0.2, 0.25) is 0 Å². The van der Waals surface area contributed by atoms with E-state index in [0.29, 0.717) is 0 Å². The molecule has 1 aliphatic rings. The third-order valence-corrected chi connectivity index (χ3v) is 3.68. The van der Waals surface area contributed by atoms with E-state index >= 15 is 0 Å². The van der Waals surface area contributed by atoms with Gasteiger partial charge in [-0.25, -0.2) is 0 Å². The van der Waals surface area contributed by atoms with E-state index in [1.54, 1.807) is 14.2 Å². The Kier molecular flexibility index (Phi) is 3.56. The normalized spacial score (nSPS) is 17.4. The quantitative estimate of drug-likeness (QED) is 0.929. The summed E-state index contributed by atoms with van der Waals surface area (Å²) in [5, 5.41) is 3.52. The lowest BCUT2D eigenvalue weighted by Gasteiger charge is -2.27. The Morgan fingerprint density at radius 2 is 1.95 bits per heavy atom. The molecule has 2 heterocycles. The molecule has 1 aliphatic heterocycles. The number of methoxy groups -OCH3 is 2. The predicted molar refractivity (Wildman–Crippen MR) is 77.3 cm³/mol. The summed E-state index contributed by atoms with van der Waals surface area (Å²) in [6.07, 6.45) is 2.81. The molecule has 2 aromatic rings. The molecule has 0 bridgehead atoms. The van der Waals surface area contributed by atoms with Gasteiger partial charge in [0.1, 0.15) is 0 Å². The molecule has 0 radical (unpaired) electrons.